The third kappa shape index (κ3) is 3.10. The number of tetrazole rings is 1. The molecule has 1 unspecified atom stereocenters. The summed E-state index contributed by atoms with van der Waals surface area (Å²) >= 11 is 0. The van der Waals surface area contributed by atoms with Crippen LogP contribution in [0, 0.1) is 0 Å². The maximum absolute atomic E-state index is 10.8. The molecule has 0 spiro atoms. The number of benzene rings is 1. The molecule has 17 heavy (non-hydrogen) atoms. The first kappa shape index (κ1) is 11.3. The quantitative estimate of drug-likeness (QED) is 0.802. The van der Waals surface area contributed by atoms with E-state index in [0.29, 0.717) is 12.2 Å². The molecule has 0 aliphatic heterocycles. The molecule has 2 N–H and O–H groups in total. The normalized spacial score (nSPS) is 12.2. The molecule has 1 atom stereocenters. The van der Waals surface area contributed by atoms with E-state index < -0.39 is 5.97 Å². The average molecular weight is 232 g/mol. The Morgan fingerprint density at radius 3 is 2.71 bits per heavy atom. The maximum atomic E-state index is 10.8. The molecular formula is C11H12N4O2. The van der Waals surface area contributed by atoms with Crippen molar-refractivity contribution in [1.29, 1.82) is 0 Å². The molecule has 1 heterocycles. The first-order valence-corrected chi connectivity index (χ1v) is 5.25. The van der Waals surface area contributed by atoms with Crippen LogP contribution in [-0.2, 0) is 11.2 Å². The number of aromatic amines is 1. The van der Waals surface area contributed by atoms with Crippen LogP contribution in [-0.4, -0.2) is 31.7 Å². The van der Waals surface area contributed by atoms with E-state index in [1.807, 2.05) is 30.3 Å². The molecular weight excluding hydrogens is 220 g/mol. The smallest absolute Gasteiger partial charge is 0.303 e. The van der Waals surface area contributed by atoms with Gasteiger partial charge in [0.05, 0.1) is 6.42 Å². The molecule has 2 rings (SSSR count). The second-order valence-corrected chi connectivity index (χ2v) is 3.74. The van der Waals surface area contributed by atoms with Crippen molar-refractivity contribution in [2.75, 3.05) is 0 Å². The molecule has 0 aliphatic rings. The van der Waals surface area contributed by atoms with Gasteiger partial charge in [0, 0.05) is 12.3 Å². The van der Waals surface area contributed by atoms with Crippen LogP contribution in [0.4, 0.5) is 0 Å². The number of rotatable bonds is 5. The lowest BCUT2D eigenvalue weighted by Crippen LogP contribution is -2.10. The first-order chi connectivity index (χ1) is 8.25. The summed E-state index contributed by atoms with van der Waals surface area (Å²) in [5.41, 5.74) is 0.972. The predicted octanol–water partition coefficient (Wildman–Crippen LogP) is 1.00. The van der Waals surface area contributed by atoms with Gasteiger partial charge in [0.2, 0.25) is 0 Å². The van der Waals surface area contributed by atoms with Gasteiger partial charge in [-0.1, -0.05) is 35.5 Å². The van der Waals surface area contributed by atoms with Crippen LogP contribution < -0.4 is 0 Å². The molecule has 6 nitrogen and oxygen atoms in total. The fourth-order valence-corrected chi connectivity index (χ4v) is 1.73. The maximum Gasteiger partial charge on any atom is 0.303 e. The monoisotopic (exact) mass is 232 g/mol. The molecule has 0 saturated heterocycles. The molecule has 0 amide bonds. The molecule has 0 saturated carbocycles. The van der Waals surface area contributed by atoms with Gasteiger partial charge in [-0.15, -0.1) is 10.2 Å². The lowest BCUT2D eigenvalue weighted by molar-refractivity contribution is -0.137. The second-order valence-electron chi connectivity index (χ2n) is 3.74. The van der Waals surface area contributed by atoms with E-state index in [-0.39, 0.29) is 12.3 Å². The minimum absolute atomic E-state index is 0.0541. The minimum Gasteiger partial charge on any atom is -0.481 e. The van der Waals surface area contributed by atoms with Gasteiger partial charge in [0.25, 0.3) is 0 Å². The highest BCUT2D eigenvalue weighted by Gasteiger charge is 2.17. The number of carboxylic acids is 1. The highest BCUT2D eigenvalue weighted by Crippen LogP contribution is 2.22. The highest BCUT2D eigenvalue weighted by molar-refractivity contribution is 5.68. The van der Waals surface area contributed by atoms with E-state index in [0.717, 1.165) is 5.56 Å². The first-order valence-electron chi connectivity index (χ1n) is 5.25. The van der Waals surface area contributed by atoms with Crippen molar-refractivity contribution in [3.05, 3.63) is 41.7 Å². The Balaban J connectivity index is 2.16. The van der Waals surface area contributed by atoms with Crippen molar-refractivity contribution in [2.24, 2.45) is 0 Å². The van der Waals surface area contributed by atoms with Crippen LogP contribution in [0.2, 0.25) is 0 Å². The zero-order valence-electron chi connectivity index (χ0n) is 9.08. The fraction of sp³-hybridized carbons (Fsp3) is 0.273. The molecule has 0 radical (unpaired) electrons. The van der Waals surface area contributed by atoms with E-state index in [1.165, 1.54) is 0 Å². The zero-order valence-corrected chi connectivity index (χ0v) is 9.08. The van der Waals surface area contributed by atoms with Gasteiger partial charge in [0.15, 0.2) is 5.82 Å². The Morgan fingerprint density at radius 2 is 2.12 bits per heavy atom. The van der Waals surface area contributed by atoms with Gasteiger partial charge < -0.3 is 5.11 Å². The number of aromatic nitrogens is 4. The summed E-state index contributed by atoms with van der Waals surface area (Å²) in [6, 6.07) is 9.50. The molecule has 1 aromatic carbocycles. The van der Waals surface area contributed by atoms with Crippen LogP contribution in [0.3, 0.4) is 0 Å². The lowest BCUT2D eigenvalue weighted by atomic mass is 9.92. The number of nitrogens with one attached hydrogen (secondary N) is 1. The van der Waals surface area contributed by atoms with E-state index in [9.17, 15) is 4.79 Å². The van der Waals surface area contributed by atoms with Crippen LogP contribution in [0.25, 0.3) is 0 Å². The van der Waals surface area contributed by atoms with Gasteiger partial charge in [-0.2, -0.15) is 5.21 Å². The molecule has 0 aliphatic carbocycles. The van der Waals surface area contributed by atoms with E-state index in [1.54, 1.807) is 0 Å². The third-order valence-electron chi connectivity index (χ3n) is 2.51. The van der Waals surface area contributed by atoms with Gasteiger partial charge in [0.1, 0.15) is 0 Å². The van der Waals surface area contributed by atoms with Crippen LogP contribution in [0.1, 0.15) is 23.7 Å². The van der Waals surface area contributed by atoms with Crippen LogP contribution in [0.5, 0.6) is 0 Å². The van der Waals surface area contributed by atoms with Gasteiger partial charge in [-0.25, -0.2) is 0 Å². The molecule has 0 fully saturated rings. The summed E-state index contributed by atoms with van der Waals surface area (Å²) in [6.07, 6.45) is 0.519. The summed E-state index contributed by atoms with van der Waals surface area (Å²) in [7, 11) is 0. The third-order valence-corrected chi connectivity index (χ3v) is 2.51. The number of H-pyrrole nitrogens is 1. The van der Waals surface area contributed by atoms with Gasteiger partial charge >= 0.3 is 5.97 Å². The Kier molecular flexibility index (Phi) is 3.44. The topological polar surface area (TPSA) is 91.8 Å². The molecule has 1 aromatic heterocycles. The largest absolute Gasteiger partial charge is 0.481 e. The fourth-order valence-electron chi connectivity index (χ4n) is 1.73. The van der Waals surface area contributed by atoms with E-state index in [4.69, 9.17) is 5.11 Å². The zero-order chi connectivity index (χ0) is 12.1. The Labute approximate surface area is 97.7 Å². The molecule has 0 bridgehead atoms. The van der Waals surface area contributed by atoms with E-state index >= 15 is 0 Å². The Bertz CT molecular complexity index is 469. The van der Waals surface area contributed by atoms with E-state index in [2.05, 4.69) is 20.6 Å². The number of hydrogen-bond acceptors (Lipinski definition) is 4. The second kappa shape index (κ2) is 5.20. The predicted molar refractivity (Wildman–Crippen MR) is 59.3 cm³/mol. The van der Waals surface area contributed by atoms with Crippen molar-refractivity contribution < 1.29 is 9.90 Å². The summed E-state index contributed by atoms with van der Waals surface area (Å²) in [6.45, 7) is 0. The Hall–Kier alpha value is -2.24. The summed E-state index contributed by atoms with van der Waals surface area (Å²) < 4.78 is 0. The molecule has 6 heteroatoms. The van der Waals surface area contributed by atoms with Crippen molar-refractivity contribution >= 4 is 5.97 Å². The van der Waals surface area contributed by atoms with Gasteiger partial charge in [-0.3, -0.25) is 4.79 Å². The number of nitrogens with zero attached hydrogens (tertiary/aromatic N) is 3. The average Bonchev–Trinajstić information content (AvgIpc) is 2.82. The molecule has 88 valence electrons. The number of carboxylic acid groups (broad SMARTS) is 1. The Morgan fingerprint density at radius 1 is 1.35 bits per heavy atom. The SMILES string of the molecule is O=C(O)CC(Cc1nn[nH]n1)c1ccccc1. The van der Waals surface area contributed by atoms with Crippen LogP contribution >= 0.6 is 0 Å². The standard InChI is InChI=1S/C11H12N4O2/c16-11(17)7-9(6-10-12-14-15-13-10)8-4-2-1-3-5-8/h1-5,9H,6-7H2,(H,16,17)(H,12,13,14,15). The molecule has 2 aromatic rings. The number of hydrogen-bond donors (Lipinski definition) is 2. The van der Waals surface area contributed by atoms with Gasteiger partial charge in [-0.05, 0) is 5.56 Å². The van der Waals surface area contributed by atoms with Crippen molar-refractivity contribution in [3.8, 4) is 0 Å². The minimum atomic E-state index is -0.831. The lowest BCUT2D eigenvalue weighted by Gasteiger charge is -2.12. The highest BCUT2D eigenvalue weighted by atomic mass is 16.4. The summed E-state index contributed by atoms with van der Waals surface area (Å²) in [5.74, 6) is -0.436. The number of aliphatic carboxylic acids is 1. The summed E-state index contributed by atoms with van der Waals surface area (Å²) in [5, 5.41) is 22.4. The number of carbonyl (C=O) groups is 1. The summed E-state index contributed by atoms with van der Waals surface area (Å²) in [4.78, 5) is 10.8. The van der Waals surface area contributed by atoms with Crippen molar-refractivity contribution in [1.82, 2.24) is 20.6 Å². The van der Waals surface area contributed by atoms with Crippen LogP contribution in [0.15, 0.2) is 30.3 Å². The van der Waals surface area contributed by atoms with Crippen molar-refractivity contribution in [3.63, 3.8) is 0 Å². The van der Waals surface area contributed by atoms with Crippen molar-refractivity contribution in [2.45, 2.75) is 18.8 Å².